The molecule has 3 nitrogen and oxygen atoms in total. The number of aromatic nitrogens is 1. The van der Waals surface area contributed by atoms with Crippen LogP contribution in [0.3, 0.4) is 0 Å². The molecule has 0 radical (unpaired) electrons. The number of pyridine rings is 1. The summed E-state index contributed by atoms with van der Waals surface area (Å²) in [5.74, 6) is -0.457. The Balaban J connectivity index is 2.91. The molecule has 0 saturated carbocycles. The predicted molar refractivity (Wildman–Crippen MR) is 48.7 cm³/mol. The Morgan fingerprint density at radius 2 is 2.38 bits per heavy atom. The fourth-order valence-corrected chi connectivity index (χ4v) is 1.93. The molecule has 0 fully saturated rings. The van der Waals surface area contributed by atoms with Crippen LogP contribution < -0.4 is 5.73 Å². The lowest BCUT2D eigenvalue weighted by Gasteiger charge is -1.88. The number of nitriles is 1. The van der Waals surface area contributed by atoms with Gasteiger partial charge in [0.1, 0.15) is 21.7 Å². The summed E-state index contributed by atoms with van der Waals surface area (Å²) in [5, 5.41) is 9.60. The van der Waals surface area contributed by atoms with Crippen LogP contribution in [-0.2, 0) is 0 Å². The number of nitrogens with zero attached hydrogens (tertiary/aromatic N) is 2. The van der Waals surface area contributed by atoms with Gasteiger partial charge >= 0.3 is 0 Å². The van der Waals surface area contributed by atoms with E-state index in [0.717, 1.165) is 6.20 Å². The Morgan fingerprint density at radius 3 is 3.08 bits per heavy atom. The topological polar surface area (TPSA) is 62.7 Å². The third-order valence-electron chi connectivity index (χ3n) is 1.65. The highest BCUT2D eigenvalue weighted by Crippen LogP contribution is 2.31. The summed E-state index contributed by atoms with van der Waals surface area (Å²) in [4.78, 5) is 4.42. The monoisotopic (exact) mass is 193 g/mol. The Kier molecular flexibility index (Phi) is 1.64. The maximum Gasteiger partial charge on any atom is 0.142 e. The van der Waals surface area contributed by atoms with Crippen LogP contribution >= 0.6 is 11.3 Å². The van der Waals surface area contributed by atoms with Crippen molar-refractivity contribution < 1.29 is 4.39 Å². The number of rotatable bonds is 0. The largest absolute Gasteiger partial charge is 0.389 e. The number of nitrogen functional groups attached to an aromatic ring is 1. The maximum absolute atomic E-state index is 12.8. The summed E-state index contributed by atoms with van der Waals surface area (Å²) in [6.45, 7) is 0. The zero-order chi connectivity index (χ0) is 9.42. The van der Waals surface area contributed by atoms with E-state index in [2.05, 4.69) is 4.98 Å². The molecule has 0 aliphatic heterocycles. The van der Waals surface area contributed by atoms with Crippen molar-refractivity contribution in [2.45, 2.75) is 0 Å². The first-order valence-electron chi connectivity index (χ1n) is 3.46. The van der Waals surface area contributed by atoms with Gasteiger partial charge in [0.05, 0.1) is 11.8 Å². The maximum atomic E-state index is 12.8. The van der Waals surface area contributed by atoms with Crippen LogP contribution in [-0.4, -0.2) is 4.98 Å². The van der Waals surface area contributed by atoms with Crippen LogP contribution in [0.2, 0.25) is 0 Å². The normalized spacial score (nSPS) is 10.2. The highest BCUT2D eigenvalue weighted by atomic mass is 32.1. The van der Waals surface area contributed by atoms with E-state index in [4.69, 9.17) is 11.0 Å². The summed E-state index contributed by atoms with van der Waals surface area (Å²) in [5.41, 5.74) is 5.86. The van der Waals surface area contributed by atoms with E-state index < -0.39 is 5.82 Å². The van der Waals surface area contributed by atoms with E-state index in [1.165, 1.54) is 17.4 Å². The van der Waals surface area contributed by atoms with Crippen LogP contribution in [0, 0.1) is 17.1 Å². The Morgan fingerprint density at radius 1 is 1.62 bits per heavy atom. The lowest BCUT2D eigenvalue weighted by molar-refractivity contribution is 0.624. The first-order valence-corrected chi connectivity index (χ1v) is 4.27. The minimum absolute atomic E-state index is 0.312. The lowest BCUT2D eigenvalue weighted by Crippen LogP contribution is -1.83. The molecule has 0 saturated heterocycles. The van der Waals surface area contributed by atoms with E-state index >= 15 is 0 Å². The first-order chi connectivity index (χ1) is 6.22. The van der Waals surface area contributed by atoms with Gasteiger partial charge in [-0.2, -0.15) is 5.26 Å². The molecule has 0 atom stereocenters. The SMILES string of the molecule is N#Cc1c(N)sc2ncc(F)cc12. The van der Waals surface area contributed by atoms with Gasteiger partial charge in [0.15, 0.2) is 0 Å². The standard InChI is InChI=1S/C8H4FN3S/c9-4-1-5-6(2-10)7(11)13-8(5)12-3-4/h1,3H,11H2. The minimum Gasteiger partial charge on any atom is -0.389 e. The van der Waals surface area contributed by atoms with E-state index in [0.29, 0.717) is 20.8 Å². The highest BCUT2D eigenvalue weighted by Gasteiger charge is 2.10. The molecule has 2 aromatic rings. The average Bonchev–Trinajstić information content (AvgIpc) is 2.40. The van der Waals surface area contributed by atoms with Gasteiger partial charge in [0.25, 0.3) is 0 Å². The Hall–Kier alpha value is -1.67. The molecular formula is C8H4FN3S. The molecule has 2 heterocycles. The van der Waals surface area contributed by atoms with E-state index in [-0.39, 0.29) is 0 Å². The van der Waals surface area contributed by atoms with E-state index in [9.17, 15) is 4.39 Å². The van der Waals surface area contributed by atoms with Crippen molar-refractivity contribution in [1.82, 2.24) is 4.98 Å². The van der Waals surface area contributed by atoms with Crippen molar-refractivity contribution in [2.75, 3.05) is 5.73 Å². The molecule has 2 rings (SSSR count). The number of hydrogen-bond donors (Lipinski definition) is 1. The van der Waals surface area contributed by atoms with Gasteiger partial charge in [-0.05, 0) is 6.07 Å². The summed E-state index contributed by atoms with van der Waals surface area (Å²) >= 11 is 1.19. The second kappa shape index (κ2) is 2.68. The zero-order valence-corrected chi connectivity index (χ0v) is 7.23. The third-order valence-corrected chi connectivity index (χ3v) is 2.59. The van der Waals surface area contributed by atoms with Crippen molar-refractivity contribution >= 4 is 26.6 Å². The van der Waals surface area contributed by atoms with Gasteiger partial charge in [0, 0.05) is 5.39 Å². The Bertz CT molecular complexity index is 512. The fraction of sp³-hybridized carbons (Fsp3) is 0. The zero-order valence-electron chi connectivity index (χ0n) is 6.41. The molecule has 0 bridgehead atoms. The fourth-order valence-electron chi connectivity index (χ4n) is 1.09. The van der Waals surface area contributed by atoms with Gasteiger partial charge in [0.2, 0.25) is 0 Å². The third kappa shape index (κ3) is 1.12. The van der Waals surface area contributed by atoms with E-state index in [1.807, 2.05) is 6.07 Å². The van der Waals surface area contributed by atoms with Crippen molar-refractivity contribution in [3.63, 3.8) is 0 Å². The van der Waals surface area contributed by atoms with Crippen molar-refractivity contribution in [3.05, 3.63) is 23.6 Å². The first kappa shape index (κ1) is 7.95. The van der Waals surface area contributed by atoms with Crippen LogP contribution in [0.1, 0.15) is 5.56 Å². The van der Waals surface area contributed by atoms with Crippen LogP contribution in [0.5, 0.6) is 0 Å². The molecular weight excluding hydrogens is 189 g/mol. The number of anilines is 1. The summed E-state index contributed by atoms with van der Waals surface area (Å²) in [6, 6.07) is 3.20. The molecule has 0 aliphatic carbocycles. The number of thiophene rings is 1. The van der Waals surface area contributed by atoms with Gasteiger partial charge in [-0.25, -0.2) is 9.37 Å². The summed E-state index contributed by atoms with van der Waals surface area (Å²) in [6.07, 6.45) is 1.11. The molecule has 2 aromatic heterocycles. The smallest absolute Gasteiger partial charge is 0.142 e. The molecule has 2 N–H and O–H groups in total. The van der Waals surface area contributed by atoms with Crippen LogP contribution in [0.4, 0.5) is 9.39 Å². The van der Waals surface area contributed by atoms with Gasteiger partial charge in [-0.3, -0.25) is 0 Å². The minimum atomic E-state index is -0.457. The Labute approximate surface area is 77.2 Å². The quantitative estimate of drug-likeness (QED) is 0.694. The molecule has 64 valence electrons. The van der Waals surface area contributed by atoms with Crippen molar-refractivity contribution in [2.24, 2.45) is 0 Å². The molecule has 0 amide bonds. The van der Waals surface area contributed by atoms with Crippen molar-refractivity contribution in [3.8, 4) is 6.07 Å². The second-order valence-corrected chi connectivity index (χ2v) is 3.49. The number of fused-ring (bicyclic) bond motifs is 1. The number of nitrogens with two attached hydrogens (primary N) is 1. The second-order valence-electron chi connectivity index (χ2n) is 2.46. The van der Waals surface area contributed by atoms with Crippen LogP contribution in [0.15, 0.2) is 12.3 Å². The number of hydrogen-bond acceptors (Lipinski definition) is 4. The molecule has 0 spiro atoms. The molecule has 0 aliphatic rings. The van der Waals surface area contributed by atoms with E-state index in [1.54, 1.807) is 0 Å². The van der Waals surface area contributed by atoms with Crippen LogP contribution in [0.25, 0.3) is 10.2 Å². The summed E-state index contributed by atoms with van der Waals surface area (Å²) < 4.78 is 12.8. The summed E-state index contributed by atoms with van der Waals surface area (Å²) in [7, 11) is 0. The van der Waals surface area contributed by atoms with Gasteiger partial charge in [-0.15, -0.1) is 0 Å². The predicted octanol–water partition coefficient (Wildman–Crippen LogP) is 1.89. The van der Waals surface area contributed by atoms with Crippen molar-refractivity contribution in [1.29, 1.82) is 5.26 Å². The number of halogens is 1. The molecule has 5 heteroatoms. The molecule has 0 aromatic carbocycles. The lowest BCUT2D eigenvalue weighted by atomic mass is 10.2. The van der Waals surface area contributed by atoms with Gasteiger partial charge in [-0.1, -0.05) is 11.3 Å². The van der Waals surface area contributed by atoms with Gasteiger partial charge < -0.3 is 5.73 Å². The average molecular weight is 193 g/mol. The highest BCUT2D eigenvalue weighted by molar-refractivity contribution is 7.22. The molecule has 13 heavy (non-hydrogen) atoms. The molecule has 0 unspecified atom stereocenters.